The van der Waals surface area contributed by atoms with Gasteiger partial charge in [-0.2, -0.15) is 0 Å². The van der Waals surface area contributed by atoms with Gasteiger partial charge in [-0.1, -0.05) is 20.8 Å². The number of nitrogens with zero attached hydrogens (tertiary/aromatic N) is 2. The van der Waals surface area contributed by atoms with E-state index in [0.717, 1.165) is 36.3 Å². The first-order valence-electron chi connectivity index (χ1n) is 6.31. The minimum Gasteiger partial charge on any atom is -0.276 e. The van der Waals surface area contributed by atoms with Crippen molar-refractivity contribution < 1.29 is 0 Å². The van der Waals surface area contributed by atoms with Crippen LogP contribution in [0.3, 0.4) is 0 Å². The van der Waals surface area contributed by atoms with Crippen molar-refractivity contribution in [1.29, 1.82) is 0 Å². The van der Waals surface area contributed by atoms with E-state index in [-0.39, 0.29) is 5.56 Å². The summed E-state index contributed by atoms with van der Waals surface area (Å²) in [7, 11) is 0. The molecule has 0 aromatic carbocycles. The third-order valence-corrected chi connectivity index (χ3v) is 3.31. The van der Waals surface area contributed by atoms with Crippen molar-refractivity contribution in [3.8, 4) is 0 Å². The Balaban J connectivity index is 2.57. The summed E-state index contributed by atoms with van der Waals surface area (Å²) in [4.78, 5) is 16.4. The van der Waals surface area contributed by atoms with Crippen LogP contribution in [0.1, 0.15) is 50.9 Å². The lowest BCUT2D eigenvalue weighted by molar-refractivity contribution is 0.600. The summed E-state index contributed by atoms with van der Waals surface area (Å²) in [5, 5.41) is 3.11. The molecule has 2 aromatic rings. The van der Waals surface area contributed by atoms with Crippen molar-refractivity contribution in [2.24, 2.45) is 0 Å². The van der Waals surface area contributed by atoms with E-state index in [9.17, 15) is 4.79 Å². The number of fused-ring (bicyclic) bond motifs is 1. The van der Waals surface area contributed by atoms with Crippen molar-refractivity contribution >= 4 is 5.65 Å². The highest BCUT2D eigenvalue weighted by Crippen LogP contribution is 2.19. The molecule has 0 spiro atoms. The van der Waals surface area contributed by atoms with Gasteiger partial charge in [-0.3, -0.25) is 9.89 Å². The Hall–Kier alpha value is -1.58. The van der Waals surface area contributed by atoms with Gasteiger partial charge < -0.3 is 0 Å². The van der Waals surface area contributed by atoms with Gasteiger partial charge in [-0.15, -0.1) is 0 Å². The summed E-state index contributed by atoms with van der Waals surface area (Å²) >= 11 is 0. The van der Waals surface area contributed by atoms with E-state index >= 15 is 0 Å². The molecule has 0 fully saturated rings. The van der Waals surface area contributed by atoms with Crippen LogP contribution in [0.2, 0.25) is 0 Å². The van der Waals surface area contributed by atoms with E-state index in [4.69, 9.17) is 0 Å². The van der Waals surface area contributed by atoms with E-state index in [1.54, 1.807) is 6.07 Å². The SMILES string of the molecule is CCc1cc(=O)n2[nH]c(C(CC)CC)nc2c1. The van der Waals surface area contributed by atoms with Crippen LogP contribution in [0.25, 0.3) is 5.65 Å². The molecule has 0 atom stereocenters. The van der Waals surface area contributed by atoms with Crippen LogP contribution in [-0.4, -0.2) is 14.6 Å². The van der Waals surface area contributed by atoms with Crippen LogP contribution < -0.4 is 5.56 Å². The highest BCUT2D eigenvalue weighted by molar-refractivity contribution is 5.40. The van der Waals surface area contributed by atoms with Crippen molar-refractivity contribution in [2.45, 2.75) is 46.0 Å². The molecule has 0 aliphatic carbocycles. The number of rotatable bonds is 4. The number of aromatic nitrogens is 3. The Kier molecular flexibility index (Phi) is 3.31. The Morgan fingerprint density at radius 2 is 2.00 bits per heavy atom. The zero-order valence-electron chi connectivity index (χ0n) is 10.7. The smallest absolute Gasteiger partial charge is 0.271 e. The van der Waals surface area contributed by atoms with E-state index in [0.29, 0.717) is 5.92 Å². The average molecular weight is 233 g/mol. The summed E-state index contributed by atoms with van der Waals surface area (Å²) in [6.45, 7) is 6.32. The second-order valence-corrected chi connectivity index (χ2v) is 4.37. The van der Waals surface area contributed by atoms with Crippen molar-refractivity contribution in [1.82, 2.24) is 14.6 Å². The molecule has 4 nitrogen and oxygen atoms in total. The second-order valence-electron chi connectivity index (χ2n) is 4.37. The topological polar surface area (TPSA) is 50.2 Å². The largest absolute Gasteiger partial charge is 0.276 e. The van der Waals surface area contributed by atoms with Gasteiger partial charge in [-0.25, -0.2) is 9.50 Å². The first-order valence-corrected chi connectivity index (χ1v) is 6.31. The molecule has 2 aromatic heterocycles. The fraction of sp³-hybridized carbons (Fsp3) is 0.538. The number of nitrogens with one attached hydrogen (secondary N) is 1. The molecule has 0 saturated carbocycles. The maximum absolute atomic E-state index is 11.9. The summed E-state index contributed by atoms with van der Waals surface area (Å²) < 4.78 is 1.53. The summed E-state index contributed by atoms with van der Waals surface area (Å²) in [5.41, 5.74) is 1.75. The molecule has 17 heavy (non-hydrogen) atoms. The van der Waals surface area contributed by atoms with Gasteiger partial charge in [0.2, 0.25) is 0 Å². The van der Waals surface area contributed by atoms with E-state index in [1.807, 2.05) is 13.0 Å². The molecule has 0 bridgehead atoms. The predicted octanol–water partition coefficient (Wildman–Crippen LogP) is 2.49. The van der Waals surface area contributed by atoms with Crippen LogP contribution in [0.15, 0.2) is 16.9 Å². The van der Waals surface area contributed by atoms with Gasteiger partial charge in [0.25, 0.3) is 5.56 Å². The van der Waals surface area contributed by atoms with Gasteiger partial charge in [0.1, 0.15) is 5.82 Å². The van der Waals surface area contributed by atoms with Gasteiger partial charge in [-0.05, 0) is 30.9 Å². The van der Waals surface area contributed by atoms with Gasteiger partial charge in [0, 0.05) is 12.0 Å². The number of hydrogen-bond acceptors (Lipinski definition) is 2. The first kappa shape index (κ1) is 11.9. The van der Waals surface area contributed by atoms with E-state index < -0.39 is 0 Å². The van der Waals surface area contributed by atoms with Crippen molar-refractivity contribution in [2.75, 3.05) is 0 Å². The molecule has 2 heterocycles. The third-order valence-electron chi connectivity index (χ3n) is 3.31. The minimum atomic E-state index is -0.0240. The molecular weight excluding hydrogens is 214 g/mol. The zero-order valence-corrected chi connectivity index (χ0v) is 10.7. The highest BCUT2D eigenvalue weighted by atomic mass is 16.1. The molecule has 0 aliphatic rings. The molecule has 4 heteroatoms. The number of hydrogen-bond donors (Lipinski definition) is 1. The zero-order chi connectivity index (χ0) is 12.4. The molecular formula is C13H19N3O. The number of pyridine rings is 1. The van der Waals surface area contributed by atoms with Gasteiger partial charge in [0.05, 0.1) is 0 Å². The molecule has 1 N–H and O–H groups in total. The molecule has 0 amide bonds. The van der Waals surface area contributed by atoms with Gasteiger partial charge >= 0.3 is 0 Å². The van der Waals surface area contributed by atoms with Crippen LogP contribution in [0.4, 0.5) is 0 Å². The maximum atomic E-state index is 11.9. The number of H-pyrrole nitrogens is 1. The molecule has 0 radical (unpaired) electrons. The van der Waals surface area contributed by atoms with Crippen LogP contribution >= 0.6 is 0 Å². The fourth-order valence-electron chi connectivity index (χ4n) is 2.13. The normalized spacial score (nSPS) is 11.5. The summed E-state index contributed by atoms with van der Waals surface area (Å²) in [6, 6.07) is 3.64. The Bertz CT molecular complexity index is 564. The van der Waals surface area contributed by atoms with Crippen LogP contribution in [0, 0.1) is 0 Å². The quantitative estimate of drug-likeness (QED) is 0.882. The van der Waals surface area contributed by atoms with Crippen LogP contribution in [-0.2, 0) is 6.42 Å². The average Bonchev–Trinajstić information content (AvgIpc) is 2.75. The Labute approximate surface area is 101 Å². The predicted molar refractivity (Wildman–Crippen MR) is 68.5 cm³/mol. The lowest BCUT2D eigenvalue weighted by atomic mass is 10.0. The number of aryl methyl sites for hydroxylation is 1. The lowest BCUT2D eigenvalue weighted by Crippen LogP contribution is -2.13. The van der Waals surface area contributed by atoms with E-state index in [1.165, 1.54) is 4.52 Å². The van der Waals surface area contributed by atoms with Crippen molar-refractivity contribution in [3.05, 3.63) is 33.9 Å². The molecule has 0 saturated heterocycles. The second kappa shape index (κ2) is 4.73. The summed E-state index contributed by atoms with van der Waals surface area (Å²) in [6.07, 6.45) is 2.93. The standard InChI is InChI=1S/C13H19N3O/c1-4-9-7-11-14-13(10(5-2)6-3)15-16(11)12(17)8-9/h7-8,10H,4-6H2,1-3H3,(H,14,15). The van der Waals surface area contributed by atoms with Crippen molar-refractivity contribution in [3.63, 3.8) is 0 Å². The molecule has 2 rings (SSSR count). The van der Waals surface area contributed by atoms with Gasteiger partial charge in [0.15, 0.2) is 5.65 Å². The number of aromatic amines is 1. The maximum Gasteiger partial charge on any atom is 0.271 e. The fourth-order valence-corrected chi connectivity index (χ4v) is 2.13. The molecule has 0 aliphatic heterocycles. The minimum absolute atomic E-state index is 0.0240. The highest BCUT2D eigenvalue weighted by Gasteiger charge is 2.12. The Morgan fingerprint density at radius 3 is 2.59 bits per heavy atom. The molecule has 0 unspecified atom stereocenters. The summed E-state index contributed by atoms with van der Waals surface area (Å²) in [5.74, 6) is 1.32. The Morgan fingerprint density at radius 1 is 1.29 bits per heavy atom. The first-order chi connectivity index (χ1) is 8.19. The van der Waals surface area contributed by atoms with Crippen LogP contribution in [0.5, 0.6) is 0 Å². The lowest BCUT2D eigenvalue weighted by Gasteiger charge is -2.06. The van der Waals surface area contributed by atoms with E-state index in [2.05, 4.69) is 23.9 Å². The molecule has 92 valence electrons. The monoisotopic (exact) mass is 233 g/mol. The third kappa shape index (κ3) is 2.12.